The molecule has 0 N–H and O–H groups in total. The molecule has 1 heteroatoms. The van der Waals surface area contributed by atoms with Crippen molar-refractivity contribution < 1.29 is 19.2 Å². The number of rotatable bonds is 0. The van der Waals surface area contributed by atoms with Crippen molar-refractivity contribution in [3.63, 3.8) is 0 Å². The van der Waals surface area contributed by atoms with Crippen LogP contribution in [0.3, 0.4) is 0 Å². The molecule has 0 saturated carbocycles. The molecule has 0 unspecified atom stereocenters. The van der Waals surface area contributed by atoms with E-state index in [0.717, 1.165) is 0 Å². The summed E-state index contributed by atoms with van der Waals surface area (Å²) in [6.07, 6.45) is 14.0. The Hall–Kier alpha value is 0.142. The average Bonchev–Trinajstić information content (AvgIpc) is 1.90. The molecule has 61 valence electrons. The summed E-state index contributed by atoms with van der Waals surface area (Å²) < 4.78 is 0. The van der Waals surface area contributed by atoms with Gasteiger partial charge in [-0.05, 0) is 25.7 Å². The second-order valence-electron chi connectivity index (χ2n) is 2.14. The van der Waals surface area contributed by atoms with Gasteiger partial charge >= 0.3 is 24.6 Å². The molecule has 0 aromatic carbocycles. The van der Waals surface area contributed by atoms with Crippen molar-refractivity contribution in [2.75, 3.05) is 0 Å². The molecule has 10 heavy (non-hydrogen) atoms. The first-order valence-corrected chi connectivity index (χ1v) is 5.19. The zero-order valence-corrected chi connectivity index (χ0v) is 8.01. The van der Waals surface area contributed by atoms with Gasteiger partial charge in [-0.2, -0.15) is 0 Å². The molecule has 0 heterocycles. The molecule has 0 aliphatic heterocycles. The van der Waals surface area contributed by atoms with Crippen LogP contribution in [0.5, 0.6) is 0 Å². The van der Waals surface area contributed by atoms with Gasteiger partial charge in [0.25, 0.3) is 0 Å². The van der Waals surface area contributed by atoms with Gasteiger partial charge in [-0.1, -0.05) is 24.3 Å². The second kappa shape index (κ2) is 9.14. The Balaban J connectivity index is 0.000000371. The van der Waals surface area contributed by atoms with Crippen molar-refractivity contribution in [2.45, 2.75) is 31.1 Å². The third-order valence-electron chi connectivity index (χ3n) is 1.37. The number of allylic oxidation sites excluding steroid dienone is 4. The summed E-state index contributed by atoms with van der Waals surface area (Å²) in [5.41, 5.74) is 0. The molecule has 0 spiro atoms. The molecule has 0 saturated heterocycles. The Kier molecular flexibility index (Phi) is 9.27. The van der Waals surface area contributed by atoms with Crippen LogP contribution in [0.2, 0.25) is 5.40 Å². The van der Waals surface area contributed by atoms with E-state index in [2.05, 4.69) is 43.5 Å². The molecular weight excluding hydrogens is 215 g/mol. The normalized spacial score (nSPS) is 16.7. The molecular formula is C9H15Pd. The van der Waals surface area contributed by atoms with E-state index in [9.17, 15) is 0 Å². The van der Waals surface area contributed by atoms with Crippen LogP contribution in [0.15, 0.2) is 24.3 Å². The van der Waals surface area contributed by atoms with Crippen molar-refractivity contribution in [3.05, 3.63) is 24.3 Å². The maximum absolute atomic E-state index is 2.75. The first kappa shape index (κ1) is 10.1. The SMILES string of the molecule is C1=CCCCCC=C1.[CH3][Pd]. The summed E-state index contributed by atoms with van der Waals surface area (Å²) in [6.45, 7) is 0. The Morgan fingerprint density at radius 2 is 1.30 bits per heavy atom. The Bertz CT molecular complexity index is 89.3. The van der Waals surface area contributed by atoms with Gasteiger partial charge in [0, 0.05) is 0 Å². The van der Waals surface area contributed by atoms with Crippen molar-refractivity contribution in [1.82, 2.24) is 0 Å². The van der Waals surface area contributed by atoms with E-state index in [1.807, 2.05) is 5.40 Å². The quantitative estimate of drug-likeness (QED) is 0.560. The summed E-state index contributed by atoms with van der Waals surface area (Å²) >= 11 is 2.75. The maximum atomic E-state index is 2.75. The Morgan fingerprint density at radius 3 is 1.70 bits per heavy atom. The third kappa shape index (κ3) is 6.27. The molecule has 0 radical (unpaired) electrons. The van der Waals surface area contributed by atoms with Gasteiger partial charge < -0.3 is 0 Å². The zero-order chi connectivity index (χ0) is 7.66. The first-order valence-electron chi connectivity index (χ1n) is 3.63. The van der Waals surface area contributed by atoms with E-state index in [1.165, 1.54) is 25.7 Å². The van der Waals surface area contributed by atoms with Crippen LogP contribution in [0.4, 0.5) is 0 Å². The third-order valence-corrected chi connectivity index (χ3v) is 1.37. The molecule has 1 rings (SSSR count). The van der Waals surface area contributed by atoms with Crippen molar-refractivity contribution in [2.24, 2.45) is 0 Å². The summed E-state index contributed by atoms with van der Waals surface area (Å²) in [4.78, 5) is 0. The summed E-state index contributed by atoms with van der Waals surface area (Å²) in [6, 6.07) is 0. The summed E-state index contributed by atoms with van der Waals surface area (Å²) in [7, 11) is 0. The van der Waals surface area contributed by atoms with Gasteiger partial charge in [0.1, 0.15) is 0 Å². The van der Waals surface area contributed by atoms with Crippen molar-refractivity contribution in [1.29, 1.82) is 0 Å². The fraction of sp³-hybridized carbons (Fsp3) is 0.556. The monoisotopic (exact) mass is 229 g/mol. The zero-order valence-electron chi connectivity index (χ0n) is 6.45. The molecule has 1 aliphatic carbocycles. The molecule has 0 fully saturated rings. The van der Waals surface area contributed by atoms with Crippen LogP contribution in [0.1, 0.15) is 25.7 Å². The number of hydrogen-bond donors (Lipinski definition) is 0. The molecule has 0 bridgehead atoms. The topological polar surface area (TPSA) is 0 Å². The van der Waals surface area contributed by atoms with E-state index in [4.69, 9.17) is 0 Å². The minimum absolute atomic E-state index is 1.27. The van der Waals surface area contributed by atoms with Gasteiger partial charge in [0.2, 0.25) is 0 Å². The van der Waals surface area contributed by atoms with Gasteiger partial charge in [-0.3, -0.25) is 0 Å². The van der Waals surface area contributed by atoms with Crippen LogP contribution < -0.4 is 0 Å². The fourth-order valence-electron chi connectivity index (χ4n) is 0.874. The predicted octanol–water partition coefficient (Wildman–Crippen LogP) is 3.25. The van der Waals surface area contributed by atoms with Crippen LogP contribution >= 0.6 is 0 Å². The predicted molar refractivity (Wildman–Crippen MR) is 42.6 cm³/mol. The molecule has 0 aromatic rings. The standard InChI is InChI=1S/C8H12.CH3.Pd/c1-2-4-6-8-7-5-3-1;;/h1-4H,5-8H2;1H3;. The van der Waals surface area contributed by atoms with Crippen molar-refractivity contribution in [3.8, 4) is 0 Å². The number of hydrogen-bond acceptors (Lipinski definition) is 0. The van der Waals surface area contributed by atoms with Gasteiger partial charge in [0.05, 0.1) is 0 Å². The van der Waals surface area contributed by atoms with E-state index in [-0.39, 0.29) is 0 Å². The van der Waals surface area contributed by atoms with Crippen LogP contribution in [0, 0.1) is 0 Å². The van der Waals surface area contributed by atoms with Gasteiger partial charge in [0.15, 0.2) is 0 Å². The molecule has 1 aliphatic rings. The van der Waals surface area contributed by atoms with Gasteiger partial charge in [-0.25, -0.2) is 0 Å². The molecule has 0 amide bonds. The fourth-order valence-corrected chi connectivity index (χ4v) is 0.874. The Morgan fingerprint density at radius 1 is 0.900 bits per heavy atom. The molecule has 0 atom stereocenters. The van der Waals surface area contributed by atoms with Gasteiger partial charge in [-0.15, -0.1) is 0 Å². The van der Waals surface area contributed by atoms with E-state index < -0.39 is 0 Å². The van der Waals surface area contributed by atoms with E-state index in [1.54, 1.807) is 0 Å². The first-order chi connectivity index (χ1) is 5.00. The van der Waals surface area contributed by atoms with Crippen LogP contribution in [-0.4, -0.2) is 0 Å². The summed E-state index contributed by atoms with van der Waals surface area (Å²) in [5.74, 6) is 0. The second-order valence-corrected chi connectivity index (χ2v) is 2.14. The average molecular weight is 230 g/mol. The van der Waals surface area contributed by atoms with Crippen LogP contribution in [0.25, 0.3) is 0 Å². The minimum atomic E-state index is 1.27. The summed E-state index contributed by atoms with van der Waals surface area (Å²) in [5, 5.41) is 1.85. The van der Waals surface area contributed by atoms with Crippen LogP contribution in [-0.2, 0) is 19.2 Å². The van der Waals surface area contributed by atoms with E-state index >= 15 is 0 Å². The molecule has 0 aromatic heterocycles. The van der Waals surface area contributed by atoms with E-state index in [0.29, 0.717) is 0 Å². The molecule has 0 nitrogen and oxygen atoms in total. The Labute approximate surface area is 74.8 Å². The van der Waals surface area contributed by atoms with Crippen molar-refractivity contribution >= 4 is 0 Å².